The summed E-state index contributed by atoms with van der Waals surface area (Å²) in [6.07, 6.45) is 0. The number of rotatable bonds is 2. The van der Waals surface area contributed by atoms with E-state index in [1.54, 1.807) is 12.1 Å². The van der Waals surface area contributed by atoms with E-state index in [1.807, 2.05) is 0 Å². The zero-order chi connectivity index (χ0) is 11.7. The van der Waals surface area contributed by atoms with Crippen LogP contribution in [-0.2, 0) is 16.0 Å². The lowest BCUT2D eigenvalue weighted by Gasteiger charge is -2.11. The molecule has 0 bridgehead atoms. The summed E-state index contributed by atoms with van der Waals surface area (Å²) in [4.78, 5) is 11.6. The summed E-state index contributed by atoms with van der Waals surface area (Å²) in [5.41, 5.74) is 1.44. The molecule has 0 fully saturated rings. The fourth-order valence-corrected chi connectivity index (χ4v) is 1.79. The second kappa shape index (κ2) is 4.15. The van der Waals surface area contributed by atoms with Gasteiger partial charge in [0.05, 0.1) is 20.8 Å². The van der Waals surface area contributed by atoms with Gasteiger partial charge in [-0.3, -0.25) is 0 Å². The number of hydrogen-bond donors (Lipinski definition) is 1. The molecular formula is C10H11BO5. The normalized spacial score (nSPS) is 13.6. The Bertz CT molecular complexity index is 431. The third-order valence-electron chi connectivity index (χ3n) is 2.55. The quantitative estimate of drug-likeness (QED) is 0.549. The summed E-state index contributed by atoms with van der Waals surface area (Å²) in [6.45, 7) is 0.282. The van der Waals surface area contributed by atoms with Crippen LogP contribution in [0.1, 0.15) is 15.9 Å². The Labute approximate surface area is 93.1 Å². The summed E-state index contributed by atoms with van der Waals surface area (Å²) in [5, 5.41) is 9.64. The third kappa shape index (κ3) is 1.56. The Hall–Kier alpha value is -1.53. The highest BCUT2D eigenvalue weighted by Gasteiger charge is 2.34. The van der Waals surface area contributed by atoms with Crippen molar-refractivity contribution >= 4 is 18.6 Å². The zero-order valence-corrected chi connectivity index (χ0v) is 9.02. The second-order valence-electron chi connectivity index (χ2n) is 3.37. The molecule has 5 nitrogen and oxygen atoms in total. The first-order valence-electron chi connectivity index (χ1n) is 4.76. The minimum absolute atomic E-state index is 0.229. The monoisotopic (exact) mass is 222 g/mol. The molecule has 0 atom stereocenters. The topological polar surface area (TPSA) is 65.0 Å². The van der Waals surface area contributed by atoms with Crippen molar-refractivity contribution < 1.29 is 23.9 Å². The fraction of sp³-hybridized carbons (Fsp3) is 0.300. The number of carbonyl (C=O) groups is 1. The highest BCUT2D eigenvalue weighted by molar-refractivity contribution is 6.63. The van der Waals surface area contributed by atoms with Gasteiger partial charge in [0, 0.05) is 5.46 Å². The molecule has 6 heteroatoms. The maximum atomic E-state index is 11.6. The smallest absolute Gasteiger partial charge is 0.492 e. The van der Waals surface area contributed by atoms with Gasteiger partial charge in [0.1, 0.15) is 11.3 Å². The van der Waals surface area contributed by atoms with E-state index in [9.17, 15) is 9.82 Å². The molecule has 0 radical (unpaired) electrons. The zero-order valence-electron chi connectivity index (χ0n) is 9.02. The number of hydrogen-bond acceptors (Lipinski definition) is 5. The third-order valence-corrected chi connectivity index (χ3v) is 2.55. The van der Waals surface area contributed by atoms with Crippen molar-refractivity contribution in [3.05, 3.63) is 23.3 Å². The van der Waals surface area contributed by atoms with E-state index in [-0.39, 0.29) is 12.2 Å². The Morgan fingerprint density at radius 1 is 1.50 bits per heavy atom. The van der Waals surface area contributed by atoms with Gasteiger partial charge in [-0.1, -0.05) is 6.07 Å². The lowest BCUT2D eigenvalue weighted by molar-refractivity contribution is 0.0598. The SMILES string of the molecule is COC(=O)c1c(OC)ccc2c1B(O)OC2. The molecule has 1 aromatic rings. The van der Waals surface area contributed by atoms with E-state index < -0.39 is 13.1 Å². The summed E-state index contributed by atoms with van der Waals surface area (Å²) < 4.78 is 14.8. The molecule has 84 valence electrons. The van der Waals surface area contributed by atoms with Gasteiger partial charge in [-0.2, -0.15) is 0 Å². The van der Waals surface area contributed by atoms with Gasteiger partial charge in [0.15, 0.2) is 0 Å². The van der Waals surface area contributed by atoms with Crippen LogP contribution in [0.5, 0.6) is 5.75 Å². The molecule has 0 aromatic heterocycles. The lowest BCUT2D eigenvalue weighted by atomic mass is 9.76. The molecule has 0 aliphatic carbocycles. The molecule has 0 amide bonds. The summed E-state index contributed by atoms with van der Waals surface area (Å²) in [6, 6.07) is 3.42. The maximum Gasteiger partial charge on any atom is 0.492 e. The molecule has 1 aliphatic rings. The minimum atomic E-state index is -1.10. The van der Waals surface area contributed by atoms with E-state index in [4.69, 9.17) is 9.39 Å². The van der Waals surface area contributed by atoms with Crippen molar-refractivity contribution in [2.75, 3.05) is 14.2 Å². The molecule has 0 saturated heterocycles. The fourth-order valence-electron chi connectivity index (χ4n) is 1.79. The summed E-state index contributed by atoms with van der Waals surface area (Å²) in [5.74, 6) is -0.173. The molecule has 16 heavy (non-hydrogen) atoms. The summed E-state index contributed by atoms with van der Waals surface area (Å²) in [7, 11) is 1.64. The molecule has 0 spiro atoms. The van der Waals surface area contributed by atoms with Crippen molar-refractivity contribution in [3.63, 3.8) is 0 Å². The maximum absolute atomic E-state index is 11.6. The van der Waals surface area contributed by atoms with Crippen molar-refractivity contribution in [2.24, 2.45) is 0 Å². The van der Waals surface area contributed by atoms with Gasteiger partial charge in [-0.15, -0.1) is 0 Å². The number of carbonyl (C=O) groups excluding carboxylic acids is 1. The first kappa shape index (κ1) is 11.0. The van der Waals surface area contributed by atoms with Crippen LogP contribution in [0, 0.1) is 0 Å². The van der Waals surface area contributed by atoms with Crippen LogP contribution in [0.2, 0.25) is 0 Å². The van der Waals surface area contributed by atoms with Gasteiger partial charge in [-0.05, 0) is 11.6 Å². The average Bonchev–Trinajstić information content (AvgIpc) is 2.69. The van der Waals surface area contributed by atoms with Gasteiger partial charge in [0.25, 0.3) is 0 Å². The highest BCUT2D eigenvalue weighted by Crippen LogP contribution is 2.23. The predicted molar refractivity (Wildman–Crippen MR) is 56.7 cm³/mol. The van der Waals surface area contributed by atoms with Crippen molar-refractivity contribution in [2.45, 2.75) is 6.61 Å². The number of benzene rings is 1. The minimum Gasteiger partial charge on any atom is -0.496 e. The van der Waals surface area contributed by atoms with Crippen LogP contribution >= 0.6 is 0 Å². The number of esters is 1. The van der Waals surface area contributed by atoms with Crippen LogP contribution in [-0.4, -0.2) is 32.3 Å². The van der Waals surface area contributed by atoms with Gasteiger partial charge in [0.2, 0.25) is 0 Å². The Balaban J connectivity index is 2.62. The Morgan fingerprint density at radius 2 is 2.25 bits per heavy atom. The van der Waals surface area contributed by atoms with E-state index >= 15 is 0 Å². The summed E-state index contributed by atoms with van der Waals surface area (Å²) >= 11 is 0. The molecular weight excluding hydrogens is 211 g/mol. The van der Waals surface area contributed by atoms with Crippen molar-refractivity contribution in [1.82, 2.24) is 0 Å². The van der Waals surface area contributed by atoms with E-state index in [0.717, 1.165) is 5.56 Å². The van der Waals surface area contributed by atoms with Crippen LogP contribution in [0.3, 0.4) is 0 Å². The lowest BCUT2D eigenvalue weighted by Crippen LogP contribution is -2.34. The Kier molecular flexibility index (Phi) is 2.85. The first-order chi connectivity index (χ1) is 7.69. The molecule has 0 unspecified atom stereocenters. The second-order valence-corrected chi connectivity index (χ2v) is 3.37. The van der Waals surface area contributed by atoms with Crippen LogP contribution < -0.4 is 10.2 Å². The number of ether oxygens (including phenoxy) is 2. The van der Waals surface area contributed by atoms with Crippen molar-refractivity contribution in [1.29, 1.82) is 0 Å². The largest absolute Gasteiger partial charge is 0.496 e. The van der Waals surface area contributed by atoms with Crippen LogP contribution in [0.25, 0.3) is 0 Å². The van der Waals surface area contributed by atoms with Crippen molar-refractivity contribution in [3.8, 4) is 5.75 Å². The van der Waals surface area contributed by atoms with E-state index in [2.05, 4.69) is 4.74 Å². The molecule has 2 rings (SSSR count). The molecule has 1 aromatic carbocycles. The molecule has 1 heterocycles. The first-order valence-corrected chi connectivity index (χ1v) is 4.76. The van der Waals surface area contributed by atoms with E-state index in [0.29, 0.717) is 11.2 Å². The van der Waals surface area contributed by atoms with Crippen LogP contribution in [0.15, 0.2) is 12.1 Å². The molecule has 1 aliphatic heterocycles. The highest BCUT2D eigenvalue weighted by atomic mass is 16.5. The molecule has 0 saturated carbocycles. The van der Waals surface area contributed by atoms with E-state index in [1.165, 1.54) is 14.2 Å². The van der Waals surface area contributed by atoms with Gasteiger partial charge >= 0.3 is 13.1 Å². The Morgan fingerprint density at radius 3 is 2.88 bits per heavy atom. The van der Waals surface area contributed by atoms with Gasteiger partial charge in [-0.25, -0.2) is 4.79 Å². The number of methoxy groups -OCH3 is 2. The number of fused-ring (bicyclic) bond motifs is 1. The average molecular weight is 222 g/mol. The van der Waals surface area contributed by atoms with Gasteiger partial charge < -0.3 is 19.2 Å². The standard InChI is InChI=1S/C10H11BO5/c1-14-7-4-3-6-5-16-11(13)9(6)8(7)10(12)15-2/h3-4,13H,5H2,1-2H3. The molecule has 1 N–H and O–H groups in total. The predicted octanol–water partition coefficient (Wildman–Crippen LogP) is -0.301. The van der Waals surface area contributed by atoms with Crippen LogP contribution in [0.4, 0.5) is 0 Å².